The van der Waals surface area contributed by atoms with Crippen LogP contribution >= 0.6 is 0 Å². The molecule has 76 valence electrons. The second-order valence-electron chi connectivity index (χ2n) is 3.76. The molecule has 2 rings (SSSR count). The molecule has 0 unspecified atom stereocenters. The highest BCUT2D eigenvalue weighted by Crippen LogP contribution is 2.40. The number of nitrogens with two attached hydrogens (primary N) is 1. The van der Waals surface area contributed by atoms with Crippen LogP contribution in [0.3, 0.4) is 0 Å². The zero-order chi connectivity index (χ0) is 10.1. The Morgan fingerprint density at radius 1 is 1.79 bits per heavy atom. The molecule has 14 heavy (non-hydrogen) atoms. The van der Waals surface area contributed by atoms with Crippen molar-refractivity contribution in [2.24, 2.45) is 17.9 Å². The second kappa shape index (κ2) is 3.32. The summed E-state index contributed by atoms with van der Waals surface area (Å²) in [7, 11) is 1.89. The van der Waals surface area contributed by atoms with E-state index in [1.165, 1.54) is 12.8 Å². The van der Waals surface area contributed by atoms with E-state index in [0.717, 1.165) is 11.3 Å². The van der Waals surface area contributed by atoms with Gasteiger partial charge < -0.3 is 10.9 Å². The molecule has 5 heteroatoms. The standard InChI is InChI=1S/C9H14N4O/c1-13-5-7(4-8(10)12-14)9(11-13)6-2-3-6/h5-6,14H,2-4H2,1H3,(H2,10,12). The van der Waals surface area contributed by atoms with Crippen molar-refractivity contribution < 1.29 is 5.21 Å². The lowest BCUT2D eigenvalue weighted by Gasteiger charge is -1.98. The minimum absolute atomic E-state index is 0.236. The molecular weight excluding hydrogens is 180 g/mol. The van der Waals surface area contributed by atoms with Gasteiger partial charge in [0, 0.05) is 31.1 Å². The molecule has 0 radical (unpaired) electrons. The van der Waals surface area contributed by atoms with Gasteiger partial charge in [-0.3, -0.25) is 4.68 Å². The van der Waals surface area contributed by atoms with E-state index in [1.807, 2.05) is 13.2 Å². The highest BCUT2D eigenvalue weighted by molar-refractivity contribution is 5.82. The van der Waals surface area contributed by atoms with Gasteiger partial charge in [-0.15, -0.1) is 0 Å². The molecule has 0 aromatic carbocycles. The van der Waals surface area contributed by atoms with E-state index < -0.39 is 0 Å². The Labute approximate surface area is 82.2 Å². The zero-order valence-corrected chi connectivity index (χ0v) is 8.14. The Morgan fingerprint density at radius 2 is 2.50 bits per heavy atom. The Bertz CT molecular complexity index is 365. The molecular formula is C9H14N4O. The Kier molecular flexibility index (Phi) is 2.15. The van der Waals surface area contributed by atoms with Crippen LogP contribution in [0.15, 0.2) is 11.4 Å². The lowest BCUT2D eigenvalue weighted by molar-refractivity contribution is 0.317. The van der Waals surface area contributed by atoms with Crippen LogP contribution in [0.1, 0.15) is 30.0 Å². The molecule has 1 aromatic heterocycles. The van der Waals surface area contributed by atoms with Gasteiger partial charge in [-0.05, 0) is 12.8 Å². The van der Waals surface area contributed by atoms with E-state index >= 15 is 0 Å². The maximum atomic E-state index is 8.48. The van der Waals surface area contributed by atoms with E-state index in [0.29, 0.717) is 12.3 Å². The van der Waals surface area contributed by atoms with E-state index in [2.05, 4.69) is 10.3 Å². The average molecular weight is 194 g/mol. The normalized spacial score (nSPS) is 17.4. The fourth-order valence-electron chi connectivity index (χ4n) is 1.62. The van der Waals surface area contributed by atoms with Gasteiger partial charge in [-0.1, -0.05) is 5.16 Å². The van der Waals surface area contributed by atoms with Crippen molar-refractivity contribution in [1.82, 2.24) is 9.78 Å². The fourth-order valence-corrected chi connectivity index (χ4v) is 1.62. The van der Waals surface area contributed by atoms with Gasteiger partial charge in [0.2, 0.25) is 0 Å². The summed E-state index contributed by atoms with van der Waals surface area (Å²) in [6, 6.07) is 0. The molecule has 1 aromatic rings. The Hall–Kier alpha value is -1.52. The van der Waals surface area contributed by atoms with Crippen molar-refractivity contribution in [2.75, 3.05) is 0 Å². The Morgan fingerprint density at radius 3 is 3.07 bits per heavy atom. The van der Waals surface area contributed by atoms with Gasteiger partial charge in [-0.25, -0.2) is 0 Å². The van der Waals surface area contributed by atoms with Gasteiger partial charge in [-0.2, -0.15) is 5.10 Å². The van der Waals surface area contributed by atoms with Gasteiger partial charge in [0.05, 0.1) is 5.69 Å². The number of rotatable bonds is 3. The van der Waals surface area contributed by atoms with Crippen LogP contribution in [0.25, 0.3) is 0 Å². The highest BCUT2D eigenvalue weighted by Gasteiger charge is 2.28. The van der Waals surface area contributed by atoms with Crippen LogP contribution < -0.4 is 5.73 Å². The summed E-state index contributed by atoms with van der Waals surface area (Å²) >= 11 is 0. The zero-order valence-electron chi connectivity index (χ0n) is 8.14. The van der Waals surface area contributed by atoms with E-state index in [-0.39, 0.29) is 5.84 Å². The number of hydrogen-bond donors (Lipinski definition) is 2. The molecule has 0 aliphatic heterocycles. The predicted molar refractivity (Wildman–Crippen MR) is 52.3 cm³/mol. The van der Waals surface area contributed by atoms with E-state index in [4.69, 9.17) is 10.9 Å². The van der Waals surface area contributed by atoms with Crippen molar-refractivity contribution in [1.29, 1.82) is 0 Å². The molecule has 1 aliphatic rings. The lowest BCUT2D eigenvalue weighted by Crippen LogP contribution is -2.15. The topological polar surface area (TPSA) is 76.4 Å². The molecule has 0 amide bonds. The number of oxime groups is 1. The molecule has 0 atom stereocenters. The molecule has 1 fully saturated rings. The predicted octanol–water partition coefficient (Wildman–Crippen LogP) is 0.586. The van der Waals surface area contributed by atoms with Gasteiger partial charge >= 0.3 is 0 Å². The third-order valence-corrected chi connectivity index (χ3v) is 2.40. The second-order valence-corrected chi connectivity index (χ2v) is 3.76. The third-order valence-electron chi connectivity index (χ3n) is 2.40. The summed E-state index contributed by atoms with van der Waals surface area (Å²) in [5.74, 6) is 0.831. The van der Waals surface area contributed by atoms with Crippen LogP contribution in [-0.4, -0.2) is 20.8 Å². The number of aryl methyl sites for hydroxylation is 1. The van der Waals surface area contributed by atoms with Crippen LogP contribution in [0.2, 0.25) is 0 Å². The van der Waals surface area contributed by atoms with E-state index in [1.54, 1.807) is 4.68 Å². The summed E-state index contributed by atoms with van der Waals surface area (Å²) in [5.41, 5.74) is 7.65. The number of hydrogen-bond acceptors (Lipinski definition) is 3. The average Bonchev–Trinajstić information content (AvgIpc) is 2.92. The molecule has 3 N–H and O–H groups in total. The Balaban J connectivity index is 2.22. The van der Waals surface area contributed by atoms with Crippen molar-refractivity contribution >= 4 is 5.84 Å². The maximum absolute atomic E-state index is 8.48. The van der Waals surface area contributed by atoms with Crippen LogP contribution in [0, 0.1) is 0 Å². The van der Waals surface area contributed by atoms with Crippen molar-refractivity contribution in [3.8, 4) is 0 Å². The minimum Gasteiger partial charge on any atom is -0.409 e. The molecule has 1 heterocycles. The molecule has 0 saturated heterocycles. The molecule has 1 saturated carbocycles. The maximum Gasteiger partial charge on any atom is 0.143 e. The largest absolute Gasteiger partial charge is 0.409 e. The first kappa shape index (κ1) is 9.05. The summed E-state index contributed by atoms with van der Waals surface area (Å²) < 4.78 is 1.79. The third kappa shape index (κ3) is 1.71. The molecule has 5 nitrogen and oxygen atoms in total. The van der Waals surface area contributed by atoms with Crippen molar-refractivity contribution in [2.45, 2.75) is 25.2 Å². The van der Waals surface area contributed by atoms with Crippen molar-refractivity contribution in [3.63, 3.8) is 0 Å². The smallest absolute Gasteiger partial charge is 0.143 e. The SMILES string of the molecule is Cn1cc(C/C(N)=N/O)c(C2CC2)n1. The fraction of sp³-hybridized carbons (Fsp3) is 0.556. The van der Waals surface area contributed by atoms with Gasteiger partial charge in [0.15, 0.2) is 0 Å². The lowest BCUT2D eigenvalue weighted by atomic mass is 10.1. The van der Waals surface area contributed by atoms with Crippen LogP contribution in [0.4, 0.5) is 0 Å². The minimum atomic E-state index is 0.236. The number of amidine groups is 1. The van der Waals surface area contributed by atoms with Gasteiger partial charge in [0.25, 0.3) is 0 Å². The summed E-state index contributed by atoms with van der Waals surface area (Å²) in [6.07, 6.45) is 4.84. The molecule has 1 aliphatic carbocycles. The monoisotopic (exact) mass is 194 g/mol. The van der Waals surface area contributed by atoms with E-state index in [9.17, 15) is 0 Å². The number of nitrogens with zero attached hydrogens (tertiary/aromatic N) is 3. The van der Waals surface area contributed by atoms with Crippen LogP contribution in [0.5, 0.6) is 0 Å². The van der Waals surface area contributed by atoms with Crippen molar-refractivity contribution in [3.05, 3.63) is 17.5 Å². The first-order chi connectivity index (χ1) is 6.70. The quantitative estimate of drug-likeness (QED) is 0.320. The molecule has 0 bridgehead atoms. The first-order valence-corrected chi connectivity index (χ1v) is 4.69. The molecule has 0 spiro atoms. The van der Waals surface area contributed by atoms with Crippen LogP contribution in [-0.2, 0) is 13.5 Å². The van der Waals surface area contributed by atoms with Gasteiger partial charge in [0.1, 0.15) is 5.84 Å². The first-order valence-electron chi connectivity index (χ1n) is 4.69. The highest BCUT2D eigenvalue weighted by atomic mass is 16.4. The summed E-state index contributed by atoms with van der Waals surface area (Å²) in [6.45, 7) is 0. The number of aromatic nitrogens is 2. The summed E-state index contributed by atoms with van der Waals surface area (Å²) in [5, 5.41) is 15.8. The summed E-state index contributed by atoms with van der Waals surface area (Å²) in [4.78, 5) is 0.